The van der Waals surface area contributed by atoms with Crippen molar-refractivity contribution in [3.63, 3.8) is 0 Å². The molecule has 0 saturated heterocycles. The van der Waals surface area contributed by atoms with Crippen LogP contribution in [0, 0.1) is 0 Å². The molecule has 11 heavy (non-hydrogen) atoms. The molecule has 64 valence electrons. The number of carbonyl (C=O) groups is 2. The van der Waals surface area contributed by atoms with E-state index < -0.39 is 18.5 Å². The molecule has 0 aliphatic carbocycles. The van der Waals surface area contributed by atoms with Crippen molar-refractivity contribution >= 4 is 41.7 Å². The first kappa shape index (κ1) is 10.8. The van der Waals surface area contributed by atoms with E-state index in [2.05, 4.69) is 32.2 Å². The Bertz CT molecular complexity index is 206. The van der Waals surface area contributed by atoms with Gasteiger partial charge in [-0.1, -0.05) is 0 Å². The van der Waals surface area contributed by atoms with E-state index in [9.17, 15) is 14.2 Å². The van der Waals surface area contributed by atoms with Gasteiger partial charge in [0.1, 0.15) is 0 Å². The molecule has 0 bridgehead atoms. The van der Waals surface area contributed by atoms with Gasteiger partial charge in [0, 0.05) is 23.2 Å². The zero-order valence-corrected chi connectivity index (χ0v) is 7.65. The van der Waals surface area contributed by atoms with Crippen LogP contribution in [0.25, 0.3) is 0 Å². The van der Waals surface area contributed by atoms with Gasteiger partial charge in [-0.3, -0.25) is 0 Å². The molecule has 0 aromatic carbocycles. The fourth-order valence-electron chi connectivity index (χ4n) is 0.279. The lowest BCUT2D eigenvalue weighted by Crippen LogP contribution is -1.97. The van der Waals surface area contributed by atoms with E-state index in [1.807, 2.05) is 0 Å². The Balaban J connectivity index is 4.12. The molecule has 0 rings (SSSR count). The van der Waals surface area contributed by atoms with Crippen molar-refractivity contribution in [2.24, 2.45) is 0 Å². The van der Waals surface area contributed by atoms with Gasteiger partial charge in [0.25, 0.3) is 0 Å². The molecule has 0 fully saturated rings. The van der Waals surface area contributed by atoms with E-state index in [1.165, 1.54) is 0 Å². The van der Waals surface area contributed by atoms with Crippen molar-refractivity contribution in [3.8, 4) is 0 Å². The van der Waals surface area contributed by atoms with Gasteiger partial charge in [-0.05, 0) is 0 Å². The number of halogens is 2. The summed E-state index contributed by atoms with van der Waals surface area (Å²) in [6, 6.07) is 0. The normalized spacial score (nSPS) is 10.5. The summed E-state index contributed by atoms with van der Waals surface area (Å²) in [5.41, 5.74) is -2.65. The van der Waals surface area contributed by atoms with Gasteiger partial charge in [-0.15, -0.1) is 0 Å². The smallest absolute Gasteiger partial charge is 0.371 e. The lowest BCUT2D eigenvalue weighted by atomic mass is 11.6. The Kier molecular flexibility index (Phi) is 3.86. The largest absolute Gasteiger partial charge is 0.433 e. The topological polar surface area (TPSA) is 69.7 Å². The molecule has 0 aromatic rings. The molecule has 8 heteroatoms. The van der Waals surface area contributed by atoms with Crippen LogP contribution in [-0.2, 0) is 13.6 Å². The summed E-state index contributed by atoms with van der Waals surface area (Å²) in [6.07, 6.45) is 0. The molecule has 5 nitrogen and oxygen atoms in total. The molecule has 0 N–H and O–H groups in total. The molecule has 0 aliphatic rings. The van der Waals surface area contributed by atoms with Crippen LogP contribution in [0.15, 0.2) is 0 Å². The molecule has 0 heterocycles. The Morgan fingerprint density at radius 3 is 1.64 bits per heavy atom. The van der Waals surface area contributed by atoms with Crippen molar-refractivity contribution in [1.29, 1.82) is 0 Å². The molecule has 0 aromatic heterocycles. The van der Waals surface area contributed by atoms with Gasteiger partial charge < -0.3 is 9.05 Å². The highest BCUT2D eigenvalue weighted by molar-refractivity contribution is 7.54. The highest BCUT2D eigenvalue weighted by Gasteiger charge is 2.24. The van der Waals surface area contributed by atoms with Crippen LogP contribution >= 0.6 is 30.8 Å². The number of hydrogen-bond acceptors (Lipinski definition) is 5. The van der Waals surface area contributed by atoms with Crippen molar-refractivity contribution in [2.45, 2.75) is 0 Å². The predicted octanol–water partition coefficient (Wildman–Crippen LogP) is 2.56. The third-order valence-corrected chi connectivity index (χ3v) is 1.84. The fourth-order valence-corrected chi connectivity index (χ4v) is 1.59. The highest BCUT2D eigenvalue weighted by Crippen LogP contribution is 2.45. The van der Waals surface area contributed by atoms with Crippen molar-refractivity contribution < 1.29 is 23.2 Å². The van der Waals surface area contributed by atoms with E-state index in [0.717, 1.165) is 6.66 Å². The number of carbonyl (C=O) groups excluding carboxylic acids is 2. The van der Waals surface area contributed by atoms with E-state index in [-0.39, 0.29) is 0 Å². The van der Waals surface area contributed by atoms with Crippen LogP contribution in [0.2, 0.25) is 0 Å². The van der Waals surface area contributed by atoms with Crippen molar-refractivity contribution in [2.75, 3.05) is 6.66 Å². The summed E-state index contributed by atoms with van der Waals surface area (Å²) in [6.45, 7) is 0.882. The minimum absolute atomic E-state index is 0.882. The maximum absolute atomic E-state index is 10.8. The van der Waals surface area contributed by atoms with E-state index >= 15 is 0 Å². The molecule has 0 amide bonds. The Labute approximate surface area is 72.1 Å². The average molecular weight is 221 g/mol. The first-order chi connectivity index (χ1) is 4.83. The lowest BCUT2D eigenvalue weighted by molar-refractivity contribution is 0.203. The molecule has 0 atom stereocenters. The Morgan fingerprint density at radius 2 is 1.45 bits per heavy atom. The predicted molar refractivity (Wildman–Crippen MR) is 38.2 cm³/mol. The minimum atomic E-state index is -3.77. The maximum atomic E-state index is 10.8. The maximum Gasteiger partial charge on any atom is 0.433 e. The average Bonchev–Trinajstić information content (AvgIpc) is 1.53. The highest BCUT2D eigenvalue weighted by atomic mass is 35.5. The second-order valence-corrected chi connectivity index (χ2v) is 3.95. The second-order valence-electron chi connectivity index (χ2n) is 1.43. The number of rotatable bonds is 2. The molecule has 0 aliphatic heterocycles. The SMILES string of the molecule is CP(=O)(OC(=O)Cl)OC(=O)Cl. The van der Waals surface area contributed by atoms with Gasteiger partial charge in [0.05, 0.1) is 6.66 Å². The summed E-state index contributed by atoms with van der Waals surface area (Å²) in [5, 5.41) is 0. The van der Waals surface area contributed by atoms with Gasteiger partial charge in [-0.2, -0.15) is 0 Å². The fraction of sp³-hybridized carbons (Fsp3) is 0.333. The quantitative estimate of drug-likeness (QED) is 0.529. The van der Waals surface area contributed by atoms with Crippen LogP contribution in [0.4, 0.5) is 9.59 Å². The van der Waals surface area contributed by atoms with Gasteiger partial charge >= 0.3 is 18.5 Å². The summed E-state index contributed by atoms with van der Waals surface area (Å²) in [4.78, 5) is 20.0. The first-order valence-electron chi connectivity index (χ1n) is 2.19. The van der Waals surface area contributed by atoms with Gasteiger partial charge in [0.2, 0.25) is 0 Å². The third-order valence-electron chi connectivity index (χ3n) is 0.475. The molecular formula is C3H3Cl2O5P. The molecular weight excluding hydrogens is 218 g/mol. The third kappa shape index (κ3) is 6.16. The number of hydrogen-bond donors (Lipinski definition) is 0. The minimum Gasteiger partial charge on any atom is -0.371 e. The summed E-state index contributed by atoms with van der Waals surface area (Å²) in [7, 11) is -3.77. The van der Waals surface area contributed by atoms with Crippen LogP contribution in [0.3, 0.4) is 0 Å². The Hall–Kier alpha value is -0.250. The van der Waals surface area contributed by atoms with E-state index in [4.69, 9.17) is 0 Å². The van der Waals surface area contributed by atoms with Crippen LogP contribution in [0.1, 0.15) is 0 Å². The monoisotopic (exact) mass is 220 g/mol. The summed E-state index contributed by atoms with van der Waals surface area (Å²) >= 11 is 9.36. The zero-order chi connectivity index (χ0) is 9.07. The van der Waals surface area contributed by atoms with Crippen molar-refractivity contribution in [3.05, 3.63) is 0 Å². The zero-order valence-electron chi connectivity index (χ0n) is 5.24. The molecule has 0 spiro atoms. The summed E-state index contributed by atoms with van der Waals surface area (Å²) < 4.78 is 18.6. The Morgan fingerprint density at radius 1 is 1.18 bits per heavy atom. The molecule has 0 unspecified atom stereocenters. The van der Waals surface area contributed by atoms with Crippen LogP contribution in [-0.4, -0.2) is 17.5 Å². The lowest BCUT2D eigenvalue weighted by Gasteiger charge is -2.07. The van der Waals surface area contributed by atoms with Crippen LogP contribution in [0.5, 0.6) is 0 Å². The van der Waals surface area contributed by atoms with Gasteiger partial charge in [-0.25, -0.2) is 14.2 Å². The van der Waals surface area contributed by atoms with Gasteiger partial charge in [0.15, 0.2) is 0 Å². The standard InChI is InChI=1S/C3H3Cl2O5P/c1-11(8,9-2(4)6)10-3(5)7/h1H3. The van der Waals surface area contributed by atoms with Crippen LogP contribution < -0.4 is 0 Å². The first-order valence-corrected chi connectivity index (χ1v) is 4.94. The second kappa shape index (κ2) is 3.95. The van der Waals surface area contributed by atoms with E-state index in [0.29, 0.717) is 0 Å². The van der Waals surface area contributed by atoms with Crippen molar-refractivity contribution in [1.82, 2.24) is 0 Å². The van der Waals surface area contributed by atoms with E-state index in [1.54, 1.807) is 0 Å². The molecule has 0 saturated carbocycles. The molecule has 0 radical (unpaired) electrons. The summed E-state index contributed by atoms with van der Waals surface area (Å²) in [5.74, 6) is 0.